The van der Waals surface area contributed by atoms with Crippen LogP contribution in [0.4, 0.5) is 14.5 Å². The molecule has 0 saturated carbocycles. The highest BCUT2D eigenvalue weighted by Crippen LogP contribution is 2.35. The molecule has 0 aromatic heterocycles. The van der Waals surface area contributed by atoms with Gasteiger partial charge in [-0.25, -0.2) is 8.78 Å². The van der Waals surface area contributed by atoms with Crippen LogP contribution in [-0.2, 0) is 0 Å². The monoisotopic (exact) mass is 201 g/mol. The minimum absolute atomic E-state index is 0.308. The Morgan fingerprint density at radius 2 is 2.23 bits per heavy atom. The second-order valence-corrected chi connectivity index (χ2v) is 4.12. The summed E-state index contributed by atoms with van der Waals surface area (Å²) < 4.78 is 26.0. The average Bonchev–Trinajstić information content (AvgIpc) is 2.12. The third-order valence-electron chi connectivity index (χ3n) is 1.93. The number of thioether (sulfide) groups is 1. The van der Waals surface area contributed by atoms with Gasteiger partial charge in [0.05, 0.1) is 10.6 Å². The SMILES string of the molecule is CC1CSc2c(ccc(F)c2F)N1. The Kier molecular flexibility index (Phi) is 2.15. The molecule has 1 unspecified atom stereocenters. The second kappa shape index (κ2) is 3.18. The van der Waals surface area contributed by atoms with E-state index in [0.717, 1.165) is 11.8 Å². The van der Waals surface area contributed by atoms with Crippen LogP contribution in [0.5, 0.6) is 0 Å². The van der Waals surface area contributed by atoms with Crippen LogP contribution in [0.2, 0.25) is 0 Å². The molecule has 1 atom stereocenters. The van der Waals surface area contributed by atoms with Crippen LogP contribution < -0.4 is 5.32 Å². The standard InChI is InChI=1S/C9H9F2NS/c1-5-4-13-9-7(12-5)3-2-6(10)8(9)11/h2-3,5,12H,4H2,1H3. The van der Waals surface area contributed by atoms with Crippen molar-refractivity contribution in [3.05, 3.63) is 23.8 Å². The van der Waals surface area contributed by atoms with Crippen molar-refractivity contribution in [2.75, 3.05) is 11.1 Å². The summed E-state index contributed by atoms with van der Waals surface area (Å²) in [6, 6.07) is 3.04. The van der Waals surface area contributed by atoms with Gasteiger partial charge in [-0.05, 0) is 19.1 Å². The molecule has 0 fully saturated rings. The Bertz CT molecular complexity index is 341. The quantitative estimate of drug-likeness (QED) is 0.692. The van der Waals surface area contributed by atoms with Gasteiger partial charge in [0.25, 0.3) is 0 Å². The number of rotatable bonds is 0. The highest BCUT2D eigenvalue weighted by Gasteiger charge is 2.20. The van der Waals surface area contributed by atoms with E-state index in [4.69, 9.17) is 0 Å². The van der Waals surface area contributed by atoms with Gasteiger partial charge in [-0.15, -0.1) is 11.8 Å². The zero-order chi connectivity index (χ0) is 9.42. The first-order valence-electron chi connectivity index (χ1n) is 4.06. The molecule has 0 aliphatic carbocycles. The van der Waals surface area contributed by atoms with Crippen molar-refractivity contribution in [3.63, 3.8) is 0 Å². The molecule has 1 aliphatic rings. The number of hydrogen-bond donors (Lipinski definition) is 1. The molecule has 4 heteroatoms. The maximum atomic E-state index is 13.2. The predicted molar refractivity (Wildman–Crippen MR) is 50.2 cm³/mol. The van der Waals surface area contributed by atoms with E-state index in [0.29, 0.717) is 16.6 Å². The van der Waals surface area contributed by atoms with Crippen molar-refractivity contribution in [1.29, 1.82) is 0 Å². The van der Waals surface area contributed by atoms with Crippen LogP contribution in [-0.4, -0.2) is 11.8 Å². The fraction of sp³-hybridized carbons (Fsp3) is 0.333. The zero-order valence-corrected chi connectivity index (χ0v) is 7.92. The minimum atomic E-state index is -0.775. The topological polar surface area (TPSA) is 12.0 Å². The first-order valence-corrected chi connectivity index (χ1v) is 5.04. The number of benzene rings is 1. The zero-order valence-electron chi connectivity index (χ0n) is 7.10. The van der Waals surface area contributed by atoms with E-state index in [2.05, 4.69) is 5.32 Å². The summed E-state index contributed by atoms with van der Waals surface area (Å²) in [4.78, 5) is 0.401. The molecule has 2 rings (SSSR count). The fourth-order valence-electron chi connectivity index (χ4n) is 1.30. The molecule has 1 N–H and O–H groups in total. The maximum absolute atomic E-state index is 13.2. The van der Waals surface area contributed by atoms with Crippen LogP contribution in [0.1, 0.15) is 6.92 Å². The molecule has 0 amide bonds. The molecule has 1 heterocycles. The van der Waals surface area contributed by atoms with Gasteiger partial charge in [0.2, 0.25) is 0 Å². The molecule has 70 valence electrons. The van der Waals surface area contributed by atoms with Gasteiger partial charge in [-0.3, -0.25) is 0 Å². The molecular weight excluding hydrogens is 192 g/mol. The smallest absolute Gasteiger partial charge is 0.174 e. The van der Waals surface area contributed by atoms with E-state index in [-0.39, 0.29) is 0 Å². The molecule has 0 bridgehead atoms. The molecule has 0 saturated heterocycles. The Morgan fingerprint density at radius 1 is 1.46 bits per heavy atom. The van der Waals surface area contributed by atoms with Gasteiger partial charge in [0.15, 0.2) is 11.6 Å². The summed E-state index contributed by atoms with van der Waals surface area (Å²) in [5, 5.41) is 3.10. The number of fused-ring (bicyclic) bond motifs is 1. The summed E-state index contributed by atoms with van der Waals surface area (Å²) in [6.45, 7) is 2.01. The largest absolute Gasteiger partial charge is 0.381 e. The van der Waals surface area contributed by atoms with E-state index in [1.165, 1.54) is 11.8 Å². The van der Waals surface area contributed by atoms with Crippen LogP contribution in [0.15, 0.2) is 17.0 Å². The predicted octanol–water partition coefficient (Wildman–Crippen LogP) is 2.87. The van der Waals surface area contributed by atoms with Crippen molar-refractivity contribution in [1.82, 2.24) is 0 Å². The highest BCUT2D eigenvalue weighted by molar-refractivity contribution is 7.99. The normalized spacial score (nSPS) is 20.7. The van der Waals surface area contributed by atoms with E-state index in [1.54, 1.807) is 6.07 Å². The van der Waals surface area contributed by atoms with Crippen LogP contribution >= 0.6 is 11.8 Å². The lowest BCUT2D eigenvalue weighted by Crippen LogP contribution is -2.22. The number of hydrogen-bond acceptors (Lipinski definition) is 2. The van der Waals surface area contributed by atoms with Crippen LogP contribution in [0.25, 0.3) is 0 Å². The van der Waals surface area contributed by atoms with Gasteiger partial charge in [0, 0.05) is 11.8 Å². The van der Waals surface area contributed by atoms with Crippen molar-refractivity contribution >= 4 is 17.4 Å². The highest BCUT2D eigenvalue weighted by atomic mass is 32.2. The number of halogens is 2. The summed E-state index contributed by atoms with van der Waals surface area (Å²) in [7, 11) is 0. The summed E-state index contributed by atoms with van der Waals surface area (Å²) >= 11 is 1.36. The Labute approximate surface area is 79.5 Å². The Balaban J connectivity index is 2.47. The average molecular weight is 201 g/mol. The molecule has 0 spiro atoms. The molecule has 1 aromatic carbocycles. The van der Waals surface area contributed by atoms with E-state index >= 15 is 0 Å². The first-order chi connectivity index (χ1) is 6.18. The van der Waals surface area contributed by atoms with E-state index < -0.39 is 11.6 Å². The molecular formula is C9H9F2NS. The summed E-state index contributed by atoms with van der Waals surface area (Å²) in [6.07, 6.45) is 0. The van der Waals surface area contributed by atoms with Crippen molar-refractivity contribution < 1.29 is 8.78 Å². The van der Waals surface area contributed by atoms with Gasteiger partial charge < -0.3 is 5.32 Å². The van der Waals surface area contributed by atoms with E-state index in [9.17, 15) is 8.78 Å². The summed E-state index contributed by atoms with van der Waals surface area (Å²) in [5.41, 5.74) is 0.697. The third-order valence-corrected chi connectivity index (χ3v) is 3.28. The van der Waals surface area contributed by atoms with Gasteiger partial charge >= 0.3 is 0 Å². The lowest BCUT2D eigenvalue weighted by Gasteiger charge is -2.23. The summed E-state index contributed by atoms with van der Waals surface area (Å²) in [5.74, 6) is -0.739. The van der Waals surface area contributed by atoms with Crippen LogP contribution in [0, 0.1) is 11.6 Å². The number of anilines is 1. The molecule has 13 heavy (non-hydrogen) atoms. The first kappa shape index (κ1) is 8.81. The van der Waals surface area contributed by atoms with Crippen LogP contribution in [0.3, 0.4) is 0 Å². The van der Waals surface area contributed by atoms with Crippen molar-refractivity contribution in [2.24, 2.45) is 0 Å². The molecule has 1 aromatic rings. The maximum Gasteiger partial charge on any atom is 0.174 e. The van der Waals surface area contributed by atoms with Gasteiger partial charge in [0.1, 0.15) is 0 Å². The number of nitrogens with one attached hydrogen (secondary N) is 1. The lowest BCUT2D eigenvalue weighted by atomic mass is 10.2. The second-order valence-electron chi connectivity index (χ2n) is 3.09. The fourth-order valence-corrected chi connectivity index (χ4v) is 2.31. The Morgan fingerprint density at radius 3 is 3.00 bits per heavy atom. The molecule has 1 nitrogen and oxygen atoms in total. The van der Waals surface area contributed by atoms with E-state index in [1.807, 2.05) is 6.92 Å². The van der Waals surface area contributed by atoms with Crippen molar-refractivity contribution in [3.8, 4) is 0 Å². The van der Waals surface area contributed by atoms with Gasteiger partial charge in [-0.1, -0.05) is 0 Å². The third kappa shape index (κ3) is 1.50. The lowest BCUT2D eigenvalue weighted by molar-refractivity contribution is 0.491. The van der Waals surface area contributed by atoms with Crippen molar-refractivity contribution in [2.45, 2.75) is 17.9 Å². The minimum Gasteiger partial charge on any atom is -0.381 e. The van der Waals surface area contributed by atoms with Gasteiger partial charge in [-0.2, -0.15) is 0 Å². The molecule has 1 aliphatic heterocycles. The molecule has 0 radical (unpaired) electrons. The Hall–Kier alpha value is -0.770.